The molecule has 2 aliphatic carbocycles. The summed E-state index contributed by atoms with van der Waals surface area (Å²) in [5.41, 5.74) is 0.871. The van der Waals surface area contributed by atoms with Crippen molar-refractivity contribution in [3.8, 4) is 0 Å². The molecule has 4 nitrogen and oxygen atoms in total. The van der Waals surface area contributed by atoms with Crippen LogP contribution in [0, 0.1) is 5.92 Å². The van der Waals surface area contributed by atoms with Gasteiger partial charge in [0.05, 0.1) is 16.7 Å². The SMILES string of the molecule is CCc1nc2c(c(=O)n1C1=CCC(C)C=C1)=CCC(O)C=2. The Labute approximate surface area is 123 Å². The molecule has 0 bridgehead atoms. The van der Waals surface area contributed by atoms with E-state index in [2.05, 4.69) is 24.1 Å². The van der Waals surface area contributed by atoms with Gasteiger partial charge in [0, 0.05) is 12.1 Å². The summed E-state index contributed by atoms with van der Waals surface area (Å²) in [5, 5.41) is 10.9. The predicted octanol–water partition coefficient (Wildman–Crippen LogP) is 0.568. The fraction of sp³-hybridized carbons (Fsp3) is 0.412. The highest BCUT2D eigenvalue weighted by Gasteiger charge is 2.15. The Kier molecular flexibility index (Phi) is 3.64. The van der Waals surface area contributed by atoms with Crippen LogP contribution >= 0.6 is 0 Å². The van der Waals surface area contributed by atoms with Crippen molar-refractivity contribution in [3.05, 3.63) is 45.0 Å². The van der Waals surface area contributed by atoms with Crippen molar-refractivity contribution < 1.29 is 5.11 Å². The molecule has 0 aliphatic heterocycles. The zero-order chi connectivity index (χ0) is 15.0. The standard InChI is InChI=1S/C17H20N2O2/c1-3-16-18-15-10-13(20)8-9-14(15)17(21)19(16)12-6-4-11(2)5-7-12/h4,6-7,9-11,13,20H,3,5,8H2,1-2H3. The maximum absolute atomic E-state index is 12.8. The number of fused-ring (bicyclic) bond motifs is 1. The summed E-state index contributed by atoms with van der Waals surface area (Å²) in [7, 11) is 0. The first-order valence-electron chi connectivity index (χ1n) is 7.51. The van der Waals surface area contributed by atoms with Crippen LogP contribution in [0.3, 0.4) is 0 Å². The van der Waals surface area contributed by atoms with Gasteiger partial charge in [0.2, 0.25) is 0 Å². The molecule has 0 saturated carbocycles. The third kappa shape index (κ3) is 2.51. The second-order valence-corrected chi connectivity index (χ2v) is 5.70. The van der Waals surface area contributed by atoms with Crippen molar-refractivity contribution in [2.45, 2.75) is 39.2 Å². The van der Waals surface area contributed by atoms with Crippen LogP contribution in [0.5, 0.6) is 0 Å². The van der Waals surface area contributed by atoms with Gasteiger partial charge in [-0.2, -0.15) is 0 Å². The fourth-order valence-corrected chi connectivity index (χ4v) is 2.79. The van der Waals surface area contributed by atoms with Crippen molar-refractivity contribution in [2.75, 3.05) is 0 Å². The van der Waals surface area contributed by atoms with Crippen LogP contribution in [0.2, 0.25) is 0 Å². The zero-order valence-corrected chi connectivity index (χ0v) is 12.4. The van der Waals surface area contributed by atoms with Crippen molar-refractivity contribution in [1.82, 2.24) is 9.55 Å². The smallest absolute Gasteiger partial charge is 0.265 e. The summed E-state index contributed by atoms with van der Waals surface area (Å²) in [6.07, 6.45) is 11.2. The van der Waals surface area contributed by atoms with Gasteiger partial charge in [0.15, 0.2) is 0 Å². The Bertz CT molecular complexity index is 799. The maximum Gasteiger partial charge on any atom is 0.265 e. The van der Waals surface area contributed by atoms with Crippen LogP contribution in [0.1, 0.15) is 32.5 Å². The molecule has 0 aromatic carbocycles. The summed E-state index contributed by atoms with van der Waals surface area (Å²) >= 11 is 0. The van der Waals surface area contributed by atoms with Crippen LogP contribution in [-0.2, 0) is 6.42 Å². The highest BCUT2D eigenvalue weighted by Crippen LogP contribution is 2.18. The topological polar surface area (TPSA) is 55.1 Å². The minimum Gasteiger partial charge on any atom is -0.389 e. The number of aliphatic hydroxyl groups excluding tert-OH is 1. The second-order valence-electron chi connectivity index (χ2n) is 5.70. The maximum atomic E-state index is 12.8. The van der Waals surface area contributed by atoms with Gasteiger partial charge in [-0.15, -0.1) is 0 Å². The first-order valence-corrected chi connectivity index (χ1v) is 7.51. The van der Waals surface area contributed by atoms with E-state index >= 15 is 0 Å². The molecular formula is C17H20N2O2. The third-order valence-electron chi connectivity index (χ3n) is 4.00. The molecule has 2 atom stereocenters. The number of allylic oxidation sites excluding steroid dienone is 4. The number of rotatable bonds is 2. The number of hydrogen-bond donors (Lipinski definition) is 1. The van der Waals surface area contributed by atoms with Crippen molar-refractivity contribution in [2.24, 2.45) is 5.92 Å². The van der Waals surface area contributed by atoms with Gasteiger partial charge in [-0.25, -0.2) is 4.98 Å². The summed E-state index contributed by atoms with van der Waals surface area (Å²) in [6, 6.07) is 0. The number of nitrogens with zero attached hydrogens (tertiary/aromatic N) is 2. The molecule has 0 spiro atoms. The Morgan fingerprint density at radius 3 is 2.86 bits per heavy atom. The summed E-state index contributed by atoms with van der Waals surface area (Å²) in [4.78, 5) is 17.4. The van der Waals surface area contributed by atoms with Gasteiger partial charge < -0.3 is 5.11 Å². The van der Waals surface area contributed by atoms with Gasteiger partial charge in [0.1, 0.15) is 5.82 Å². The highest BCUT2D eigenvalue weighted by atomic mass is 16.3. The highest BCUT2D eigenvalue weighted by molar-refractivity contribution is 5.59. The zero-order valence-electron chi connectivity index (χ0n) is 12.4. The first-order chi connectivity index (χ1) is 10.1. The Hall–Kier alpha value is -1.94. The molecule has 0 fully saturated rings. The lowest BCUT2D eigenvalue weighted by Gasteiger charge is -2.17. The largest absolute Gasteiger partial charge is 0.389 e. The van der Waals surface area contributed by atoms with Gasteiger partial charge >= 0.3 is 0 Å². The van der Waals surface area contributed by atoms with E-state index in [1.807, 2.05) is 13.0 Å². The average molecular weight is 284 g/mol. The summed E-state index contributed by atoms with van der Waals surface area (Å²) in [5.74, 6) is 1.25. The van der Waals surface area contributed by atoms with Crippen LogP contribution in [0.25, 0.3) is 17.8 Å². The lowest BCUT2D eigenvalue weighted by molar-refractivity contribution is 0.244. The third-order valence-corrected chi connectivity index (χ3v) is 4.00. The molecule has 4 heteroatoms. The lowest BCUT2D eigenvalue weighted by atomic mass is 10.0. The number of aliphatic hydroxyl groups is 1. The van der Waals surface area contributed by atoms with E-state index in [1.165, 1.54) is 0 Å². The molecule has 2 aliphatic rings. The lowest BCUT2D eigenvalue weighted by Crippen LogP contribution is -2.50. The van der Waals surface area contributed by atoms with Crippen molar-refractivity contribution >= 4 is 17.8 Å². The molecule has 2 unspecified atom stereocenters. The van der Waals surface area contributed by atoms with Crippen LogP contribution in [0.4, 0.5) is 0 Å². The van der Waals surface area contributed by atoms with Gasteiger partial charge in [-0.1, -0.05) is 32.1 Å². The van der Waals surface area contributed by atoms with E-state index in [4.69, 9.17) is 0 Å². The molecule has 0 radical (unpaired) electrons. The van der Waals surface area contributed by atoms with Crippen LogP contribution in [0.15, 0.2) is 23.0 Å². The molecule has 1 heterocycles. The number of hydrogen-bond acceptors (Lipinski definition) is 3. The Morgan fingerprint density at radius 1 is 1.38 bits per heavy atom. The number of aryl methyl sites for hydroxylation is 1. The fourth-order valence-electron chi connectivity index (χ4n) is 2.79. The Balaban J connectivity index is 2.26. The second kappa shape index (κ2) is 5.45. The summed E-state index contributed by atoms with van der Waals surface area (Å²) < 4.78 is 1.71. The minimum atomic E-state index is -0.542. The molecule has 1 aromatic heterocycles. The Morgan fingerprint density at radius 2 is 2.19 bits per heavy atom. The van der Waals surface area contributed by atoms with E-state index < -0.39 is 6.10 Å². The molecule has 21 heavy (non-hydrogen) atoms. The first kappa shape index (κ1) is 14.0. The average Bonchev–Trinajstić information content (AvgIpc) is 2.48. The molecule has 1 aromatic rings. The molecule has 0 saturated heterocycles. The van der Waals surface area contributed by atoms with E-state index in [1.54, 1.807) is 16.7 Å². The van der Waals surface area contributed by atoms with Crippen molar-refractivity contribution in [3.63, 3.8) is 0 Å². The quantitative estimate of drug-likeness (QED) is 0.864. The molecule has 110 valence electrons. The van der Waals surface area contributed by atoms with E-state index in [0.717, 1.165) is 17.9 Å². The van der Waals surface area contributed by atoms with E-state index in [-0.39, 0.29) is 5.56 Å². The van der Waals surface area contributed by atoms with E-state index in [0.29, 0.717) is 29.3 Å². The predicted molar refractivity (Wildman–Crippen MR) is 83.9 cm³/mol. The molecular weight excluding hydrogens is 264 g/mol. The minimum absolute atomic E-state index is 0.0366. The van der Waals surface area contributed by atoms with E-state index in [9.17, 15) is 9.90 Å². The monoisotopic (exact) mass is 284 g/mol. The summed E-state index contributed by atoms with van der Waals surface area (Å²) in [6.45, 7) is 4.14. The van der Waals surface area contributed by atoms with Crippen LogP contribution < -0.4 is 16.1 Å². The normalized spacial score (nSPS) is 23.9. The van der Waals surface area contributed by atoms with Gasteiger partial charge in [-0.05, 0) is 30.9 Å². The molecule has 3 rings (SSSR count). The van der Waals surface area contributed by atoms with Gasteiger partial charge in [-0.3, -0.25) is 9.36 Å². The van der Waals surface area contributed by atoms with Crippen LogP contribution in [-0.4, -0.2) is 20.8 Å². The van der Waals surface area contributed by atoms with Crippen molar-refractivity contribution in [1.29, 1.82) is 0 Å². The molecule has 0 amide bonds. The molecule has 1 N–H and O–H groups in total. The number of aromatic nitrogens is 2. The van der Waals surface area contributed by atoms with Gasteiger partial charge in [0.25, 0.3) is 5.56 Å².